The van der Waals surface area contributed by atoms with Gasteiger partial charge in [-0.05, 0) is 49.9 Å². The molecule has 1 aromatic heterocycles. The summed E-state index contributed by atoms with van der Waals surface area (Å²) < 4.78 is 5.02. The topological polar surface area (TPSA) is 55.4 Å². The van der Waals surface area contributed by atoms with E-state index in [1.165, 1.54) is 16.9 Å². The van der Waals surface area contributed by atoms with Crippen LogP contribution >= 0.6 is 11.3 Å². The van der Waals surface area contributed by atoms with Crippen LogP contribution in [0.2, 0.25) is 0 Å². The Labute approximate surface area is 133 Å². The standard InChI is InChI=1S/C17H17NO3S/c1-2-21-17(20)12-7-3-4-8-13(12)18-16(19)15-10-11-6-5-9-14(11)22-15/h3-4,7-8,10H,2,5-6,9H2,1H3,(H,18,19). The fourth-order valence-corrected chi connectivity index (χ4v) is 3.75. The number of aryl methyl sites for hydroxylation is 2. The van der Waals surface area contributed by atoms with E-state index >= 15 is 0 Å². The maximum atomic E-state index is 12.4. The minimum atomic E-state index is -0.424. The molecule has 0 aliphatic heterocycles. The van der Waals surface area contributed by atoms with Gasteiger partial charge in [0.1, 0.15) is 0 Å². The molecule has 1 aromatic carbocycles. The number of rotatable bonds is 4. The van der Waals surface area contributed by atoms with Crippen LogP contribution in [0, 0.1) is 0 Å². The monoisotopic (exact) mass is 315 g/mol. The highest BCUT2D eigenvalue weighted by atomic mass is 32.1. The summed E-state index contributed by atoms with van der Waals surface area (Å²) in [5, 5.41) is 2.83. The third-order valence-corrected chi connectivity index (χ3v) is 4.88. The Hall–Kier alpha value is -2.14. The van der Waals surface area contributed by atoms with Crippen molar-refractivity contribution < 1.29 is 14.3 Å². The van der Waals surface area contributed by atoms with Crippen LogP contribution in [0.5, 0.6) is 0 Å². The van der Waals surface area contributed by atoms with Crippen LogP contribution in [0.1, 0.15) is 43.8 Å². The second-order valence-corrected chi connectivity index (χ2v) is 6.27. The summed E-state index contributed by atoms with van der Waals surface area (Å²) >= 11 is 1.55. The summed E-state index contributed by atoms with van der Waals surface area (Å²) in [6.45, 7) is 2.06. The average Bonchev–Trinajstić information content (AvgIpc) is 3.09. The van der Waals surface area contributed by atoms with Crippen molar-refractivity contribution in [2.75, 3.05) is 11.9 Å². The number of amides is 1. The van der Waals surface area contributed by atoms with Gasteiger partial charge in [0.05, 0.1) is 22.7 Å². The van der Waals surface area contributed by atoms with Crippen molar-refractivity contribution in [3.8, 4) is 0 Å². The number of fused-ring (bicyclic) bond motifs is 1. The summed E-state index contributed by atoms with van der Waals surface area (Å²) in [6, 6.07) is 8.87. The fraction of sp³-hybridized carbons (Fsp3) is 0.294. The maximum Gasteiger partial charge on any atom is 0.340 e. The van der Waals surface area contributed by atoms with Gasteiger partial charge >= 0.3 is 5.97 Å². The first kappa shape index (κ1) is 14.8. The lowest BCUT2D eigenvalue weighted by molar-refractivity contribution is 0.0527. The number of hydrogen-bond donors (Lipinski definition) is 1. The van der Waals surface area contributed by atoms with Gasteiger partial charge in [0.15, 0.2) is 0 Å². The summed E-state index contributed by atoms with van der Waals surface area (Å²) in [6.07, 6.45) is 3.29. The number of hydrogen-bond acceptors (Lipinski definition) is 4. The molecule has 0 spiro atoms. The molecule has 0 atom stereocenters. The van der Waals surface area contributed by atoms with Gasteiger partial charge < -0.3 is 10.1 Å². The van der Waals surface area contributed by atoms with E-state index in [0.29, 0.717) is 22.7 Å². The Bertz CT molecular complexity index is 699. The van der Waals surface area contributed by atoms with Crippen LogP contribution in [0.25, 0.3) is 0 Å². The first-order valence-corrected chi connectivity index (χ1v) is 8.19. The third kappa shape index (κ3) is 2.90. The molecular formula is C17H17NO3S. The van der Waals surface area contributed by atoms with Crippen molar-refractivity contribution in [3.05, 3.63) is 51.2 Å². The van der Waals surface area contributed by atoms with Crippen molar-refractivity contribution in [2.45, 2.75) is 26.2 Å². The number of esters is 1. The maximum absolute atomic E-state index is 12.4. The molecule has 1 amide bonds. The van der Waals surface area contributed by atoms with Crippen molar-refractivity contribution in [2.24, 2.45) is 0 Å². The summed E-state index contributed by atoms with van der Waals surface area (Å²) in [5.41, 5.74) is 2.15. The zero-order chi connectivity index (χ0) is 15.5. The molecule has 3 rings (SSSR count). The van der Waals surface area contributed by atoms with Gasteiger partial charge in [-0.2, -0.15) is 0 Å². The van der Waals surface area contributed by atoms with Gasteiger partial charge in [-0.15, -0.1) is 11.3 Å². The van der Waals surface area contributed by atoms with E-state index in [4.69, 9.17) is 4.74 Å². The highest BCUT2D eigenvalue weighted by Gasteiger charge is 2.20. The molecule has 0 saturated heterocycles. The largest absolute Gasteiger partial charge is 0.462 e. The average molecular weight is 315 g/mol. The molecule has 0 saturated carbocycles. The second-order valence-electron chi connectivity index (χ2n) is 5.13. The van der Waals surface area contributed by atoms with Gasteiger partial charge in [0.2, 0.25) is 0 Å². The van der Waals surface area contributed by atoms with E-state index in [1.807, 2.05) is 6.07 Å². The molecular weight excluding hydrogens is 298 g/mol. The first-order valence-electron chi connectivity index (χ1n) is 7.38. The van der Waals surface area contributed by atoms with E-state index < -0.39 is 5.97 Å². The van der Waals surface area contributed by atoms with Gasteiger partial charge in [-0.1, -0.05) is 12.1 Å². The Morgan fingerprint density at radius 1 is 1.27 bits per heavy atom. The second kappa shape index (κ2) is 6.32. The van der Waals surface area contributed by atoms with Gasteiger partial charge in [-0.25, -0.2) is 4.79 Å². The molecule has 2 aromatic rings. The van der Waals surface area contributed by atoms with E-state index in [0.717, 1.165) is 12.8 Å². The highest BCUT2D eigenvalue weighted by molar-refractivity contribution is 7.14. The number of para-hydroxylation sites is 1. The number of thiophene rings is 1. The zero-order valence-corrected chi connectivity index (χ0v) is 13.2. The number of nitrogens with one attached hydrogen (secondary N) is 1. The molecule has 1 N–H and O–H groups in total. The molecule has 0 bridgehead atoms. The molecule has 22 heavy (non-hydrogen) atoms. The molecule has 1 aliphatic rings. The quantitative estimate of drug-likeness (QED) is 0.876. The Morgan fingerprint density at radius 2 is 2.09 bits per heavy atom. The van der Waals surface area contributed by atoms with Crippen LogP contribution in [0.15, 0.2) is 30.3 Å². The minimum absolute atomic E-state index is 0.170. The summed E-state index contributed by atoms with van der Waals surface area (Å²) in [4.78, 5) is 26.3. The van der Waals surface area contributed by atoms with Crippen LogP contribution < -0.4 is 5.32 Å². The number of carbonyl (C=O) groups is 2. The molecule has 0 fully saturated rings. The van der Waals surface area contributed by atoms with E-state index in [9.17, 15) is 9.59 Å². The fourth-order valence-electron chi connectivity index (χ4n) is 2.60. The molecule has 0 radical (unpaired) electrons. The lowest BCUT2D eigenvalue weighted by Gasteiger charge is -2.09. The predicted octanol–water partition coefficient (Wildman–Crippen LogP) is 3.67. The summed E-state index contributed by atoms with van der Waals surface area (Å²) in [5.74, 6) is -0.594. The minimum Gasteiger partial charge on any atom is -0.462 e. The van der Waals surface area contributed by atoms with Crippen molar-refractivity contribution in [1.82, 2.24) is 0 Å². The number of anilines is 1. The zero-order valence-electron chi connectivity index (χ0n) is 12.3. The molecule has 1 aliphatic carbocycles. The number of ether oxygens (including phenoxy) is 1. The Balaban J connectivity index is 1.80. The van der Waals surface area contributed by atoms with Gasteiger partial charge in [-0.3, -0.25) is 4.79 Å². The molecule has 1 heterocycles. The molecule has 4 nitrogen and oxygen atoms in total. The van der Waals surface area contributed by atoms with E-state index in [-0.39, 0.29) is 5.91 Å². The normalized spacial score (nSPS) is 12.8. The highest BCUT2D eigenvalue weighted by Crippen LogP contribution is 2.31. The third-order valence-electron chi connectivity index (χ3n) is 3.64. The lowest BCUT2D eigenvalue weighted by atomic mass is 10.1. The SMILES string of the molecule is CCOC(=O)c1ccccc1NC(=O)c1cc2c(s1)CCC2. The Morgan fingerprint density at radius 3 is 2.86 bits per heavy atom. The predicted molar refractivity (Wildman–Crippen MR) is 86.7 cm³/mol. The summed E-state index contributed by atoms with van der Waals surface area (Å²) in [7, 11) is 0. The van der Waals surface area contributed by atoms with Gasteiger partial charge in [0, 0.05) is 4.88 Å². The number of carbonyl (C=O) groups excluding carboxylic acids is 2. The van der Waals surface area contributed by atoms with Crippen molar-refractivity contribution in [3.63, 3.8) is 0 Å². The van der Waals surface area contributed by atoms with Crippen molar-refractivity contribution >= 4 is 28.9 Å². The molecule has 0 unspecified atom stereocenters. The first-order chi connectivity index (χ1) is 10.7. The van der Waals surface area contributed by atoms with E-state index in [2.05, 4.69) is 5.32 Å². The van der Waals surface area contributed by atoms with Crippen LogP contribution in [-0.4, -0.2) is 18.5 Å². The van der Waals surface area contributed by atoms with Crippen LogP contribution in [0.3, 0.4) is 0 Å². The molecule has 114 valence electrons. The molecule has 5 heteroatoms. The van der Waals surface area contributed by atoms with Crippen LogP contribution in [-0.2, 0) is 17.6 Å². The smallest absolute Gasteiger partial charge is 0.340 e. The van der Waals surface area contributed by atoms with E-state index in [1.54, 1.807) is 42.5 Å². The van der Waals surface area contributed by atoms with Crippen LogP contribution in [0.4, 0.5) is 5.69 Å². The van der Waals surface area contributed by atoms with Gasteiger partial charge in [0.25, 0.3) is 5.91 Å². The lowest BCUT2D eigenvalue weighted by Crippen LogP contribution is -2.15. The number of benzene rings is 1. The Kier molecular flexibility index (Phi) is 4.24. The van der Waals surface area contributed by atoms with Crippen molar-refractivity contribution in [1.29, 1.82) is 0 Å².